The first-order valence-corrected chi connectivity index (χ1v) is 7.88. The number of amides is 3. The monoisotopic (exact) mass is 334 g/mol. The molecule has 1 aromatic carbocycles. The second-order valence-electron chi connectivity index (χ2n) is 6.21. The Morgan fingerprint density at radius 1 is 1.17 bits per heavy atom. The van der Waals surface area contributed by atoms with Gasteiger partial charge in [-0.15, -0.1) is 0 Å². The van der Waals surface area contributed by atoms with Gasteiger partial charge in [-0.2, -0.15) is 0 Å². The van der Waals surface area contributed by atoms with Crippen molar-refractivity contribution in [2.45, 2.75) is 39.3 Å². The van der Waals surface area contributed by atoms with E-state index in [-0.39, 0.29) is 12.5 Å². The Labute approximate surface area is 142 Å². The summed E-state index contributed by atoms with van der Waals surface area (Å²) in [5, 5.41) is 5.08. The van der Waals surface area contributed by atoms with E-state index in [0.29, 0.717) is 6.42 Å². The molecule has 0 bridgehead atoms. The Morgan fingerprint density at radius 2 is 1.83 bits per heavy atom. The zero-order valence-electron chi connectivity index (χ0n) is 14.3. The number of carbonyl (C=O) groups is 3. The minimum Gasteiger partial charge on any atom is -0.368 e. The highest BCUT2D eigenvalue weighted by atomic mass is 16.2. The molecular weight excluding hydrogens is 308 g/mol. The van der Waals surface area contributed by atoms with Crippen LogP contribution in [0.2, 0.25) is 0 Å². The average Bonchev–Trinajstić information content (AvgIpc) is 2.50. The number of benzene rings is 1. The molecule has 3 amide bonds. The standard InChI is InChI=1S/C17H26N4O3/c1-10(2)15(19)17(24)21-13(16(23)20-9-14(18)22)8-12-6-4-5-11(3)7-12/h4-7,10,13,15H,8-9,19H2,1-3H3,(H2,18,22)(H,20,23)(H,21,24)/t13-,15+/m1/s1. The zero-order chi connectivity index (χ0) is 18.3. The van der Waals surface area contributed by atoms with Crippen molar-refractivity contribution >= 4 is 17.7 Å². The van der Waals surface area contributed by atoms with Gasteiger partial charge in [0.1, 0.15) is 6.04 Å². The molecule has 0 radical (unpaired) electrons. The van der Waals surface area contributed by atoms with Crippen LogP contribution in [0.15, 0.2) is 24.3 Å². The molecule has 7 heteroatoms. The number of rotatable bonds is 8. The molecule has 0 aliphatic carbocycles. The van der Waals surface area contributed by atoms with Crippen molar-refractivity contribution in [2.75, 3.05) is 6.54 Å². The fourth-order valence-electron chi connectivity index (χ4n) is 2.15. The van der Waals surface area contributed by atoms with Crippen LogP contribution in [0.5, 0.6) is 0 Å². The molecule has 2 atom stereocenters. The maximum atomic E-state index is 12.3. The smallest absolute Gasteiger partial charge is 0.243 e. The molecule has 0 aromatic heterocycles. The van der Waals surface area contributed by atoms with Gasteiger partial charge in [0.2, 0.25) is 17.7 Å². The second-order valence-corrected chi connectivity index (χ2v) is 6.21. The summed E-state index contributed by atoms with van der Waals surface area (Å²) in [5.41, 5.74) is 12.8. The molecule has 1 aromatic rings. The Morgan fingerprint density at radius 3 is 2.38 bits per heavy atom. The van der Waals surface area contributed by atoms with Gasteiger partial charge in [0.05, 0.1) is 12.6 Å². The van der Waals surface area contributed by atoms with Crippen LogP contribution in [-0.2, 0) is 20.8 Å². The van der Waals surface area contributed by atoms with Gasteiger partial charge in [-0.25, -0.2) is 0 Å². The quantitative estimate of drug-likeness (QED) is 0.516. The van der Waals surface area contributed by atoms with Crippen molar-refractivity contribution in [3.63, 3.8) is 0 Å². The van der Waals surface area contributed by atoms with Gasteiger partial charge in [0, 0.05) is 6.42 Å². The van der Waals surface area contributed by atoms with E-state index >= 15 is 0 Å². The lowest BCUT2D eigenvalue weighted by Crippen LogP contribution is -2.54. The summed E-state index contributed by atoms with van der Waals surface area (Å²) in [7, 11) is 0. The summed E-state index contributed by atoms with van der Waals surface area (Å²) in [6.07, 6.45) is 0.294. The molecule has 6 N–H and O–H groups in total. The summed E-state index contributed by atoms with van der Waals surface area (Å²) in [4.78, 5) is 35.3. The third kappa shape index (κ3) is 6.37. The highest BCUT2D eigenvalue weighted by molar-refractivity contribution is 5.91. The summed E-state index contributed by atoms with van der Waals surface area (Å²) >= 11 is 0. The summed E-state index contributed by atoms with van der Waals surface area (Å²) in [5.74, 6) is -1.59. The van der Waals surface area contributed by atoms with Gasteiger partial charge in [-0.1, -0.05) is 43.7 Å². The topological polar surface area (TPSA) is 127 Å². The molecule has 0 heterocycles. The predicted molar refractivity (Wildman–Crippen MR) is 91.8 cm³/mol. The summed E-state index contributed by atoms with van der Waals surface area (Å²) in [6, 6.07) is 6.08. The lowest BCUT2D eigenvalue weighted by Gasteiger charge is -2.22. The molecule has 0 aliphatic rings. The number of hydrogen-bond acceptors (Lipinski definition) is 4. The molecule has 0 unspecified atom stereocenters. The van der Waals surface area contributed by atoms with Crippen molar-refractivity contribution < 1.29 is 14.4 Å². The highest BCUT2D eigenvalue weighted by Crippen LogP contribution is 2.08. The molecule has 7 nitrogen and oxygen atoms in total. The first kappa shape index (κ1) is 19.6. The third-order valence-corrected chi connectivity index (χ3v) is 3.61. The highest BCUT2D eigenvalue weighted by Gasteiger charge is 2.25. The minimum atomic E-state index is -0.830. The fraction of sp³-hybridized carbons (Fsp3) is 0.471. The van der Waals surface area contributed by atoms with Crippen molar-refractivity contribution in [1.29, 1.82) is 0 Å². The van der Waals surface area contributed by atoms with E-state index in [9.17, 15) is 14.4 Å². The average molecular weight is 334 g/mol. The molecular formula is C17H26N4O3. The lowest BCUT2D eigenvalue weighted by atomic mass is 10.0. The molecule has 24 heavy (non-hydrogen) atoms. The van der Waals surface area contributed by atoms with E-state index in [1.807, 2.05) is 45.0 Å². The first-order chi connectivity index (χ1) is 11.2. The zero-order valence-corrected chi connectivity index (χ0v) is 14.3. The van der Waals surface area contributed by atoms with Gasteiger partial charge in [0.25, 0.3) is 0 Å². The Kier molecular flexibility index (Phi) is 7.38. The van der Waals surface area contributed by atoms with Crippen LogP contribution >= 0.6 is 0 Å². The van der Waals surface area contributed by atoms with Crippen molar-refractivity contribution in [1.82, 2.24) is 10.6 Å². The molecule has 0 aliphatic heterocycles. The maximum Gasteiger partial charge on any atom is 0.243 e. The number of aryl methyl sites for hydroxylation is 1. The Hall–Kier alpha value is -2.41. The third-order valence-electron chi connectivity index (χ3n) is 3.61. The van der Waals surface area contributed by atoms with E-state index in [1.54, 1.807) is 0 Å². The van der Waals surface area contributed by atoms with E-state index in [0.717, 1.165) is 11.1 Å². The predicted octanol–water partition coefficient (Wildman–Crippen LogP) is -0.393. The molecule has 1 rings (SSSR count). The number of nitrogens with one attached hydrogen (secondary N) is 2. The van der Waals surface area contributed by atoms with E-state index < -0.39 is 29.8 Å². The van der Waals surface area contributed by atoms with E-state index in [4.69, 9.17) is 11.5 Å². The number of hydrogen-bond donors (Lipinski definition) is 4. The molecule has 0 saturated carbocycles. The first-order valence-electron chi connectivity index (χ1n) is 7.88. The largest absolute Gasteiger partial charge is 0.368 e. The van der Waals surface area contributed by atoms with Crippen LogP contribution in [0.1, 0.15) is 25.0 Å². The second kappa shape index (κ2) is 9.02. The van der Waals surface area contributed by atoms with E-state index in [1.165, 1.54) is 0 Å². The number of carbonyl (C=O) groups excluding carboxylic acids is 3. The van der Waals surface area contributed by atoms with Gasteiger partial charge in [-0.3, -0.25) is 14.4 Å². The Balaban J connectivity index is 2.87. The van der Waals surface area contributed by atoms with Gasteiger partial charge < -0.3 is 22.1 Å². The van der Waals surface area contributed by atoms with E-state index in [2.05, 4.69) is 10.6 Å². The normalized spacial score (nSPS) is 13.2. The lowest BCUT2D eigenvalue weighted by molar-refractivity contribution is -0.130. The van der Waals surface area contributed by atoms with Crippen LogP contribution in [0.3, 0.4) is 0 Å². The Bertz CT molecular complexity index is 601. The summed E-state index contributed by atoms with van der Waals surface area (Å²) < 4.78 is 0. The van der Waals surface area contributed by atoms with Crippen molar-refractivity contribution in [3.8, 4) is 0 Å². The molecule has 0 saturated heterocycles. The van der Waals surface area contributed by atoms with Crippen LogP contribution in [0.25, 0.3) is 0 Å². The molecule has 132 valence electrons. The SMILES string of the molecule is Cc1cccc(C[C@@H](NC(=O)[C@@H](N)C(C)C)C(=O)NCC(N)=O)c1. The van der Waals surface area contributed by atoms with Gasteiger partial charge >= 0.3 is 0 Å². The minimum absolute atomic E-state index is 0.0571. The van der Waals surface area contributed by atoms with Crippen molar-refractivity contribution in [2.24, 2.45) is 17.4 Å². The van der Waals surface area contributed by atoms with Crippen LogP contribution in [0, 0.1) is 12.8 Å². The summed E-state index contributed by atoms with van der Waals surface area (Å²) in [6.45, 7) is 5.31. The molecule has 0 fully saturated rings. The van der Waals surface area contributed by atoms with Crippen molar-refractivity contribution in [3.05, 3.63) is 35.4 Å². The van der Waals surface area contributed by atoms with Gasteiger partial charge in [0.15, 0.2) is 0 Å². The number of primary amides is 1. The molecule has 0 spiro atoms. The van der Waals surface area contributed by atoms with Gasteiger partial charge in [-0.05, 0) is 18.4 Å². The maximum absolute atomic E-state index is 12.3. The van der Waals surface area contributed by atoms with Crippen LogP contribution in [0.4, 0.5) is 0 Å². The van der Waals surface area contributed by atoms with Crippen LogP contribution in [-0.4, -0.2) is 36.3 Å². The van der Waals surface area contributed by atoms with Crippen LogP contribution < -0.4 is 22.1 Å². The fourth-order valence-corrected chi connectivity index (χ4v) is 2.15. The number of nitrogens with two attached hydrogens (primary N) is 2.